The van der Waals surface area contributed by atoms with Crippen LogP contribution >= 0.6 is 0 Å². The van der Waals surface area contributed by atoms with E-state index in [0.717, 1.165) is 55.5 Å². The lowest BCUT2D eigenvalue weighted by Gasteiger charge is -2.27. The molecule has 1 heterocycles. The van der Waals surface area contributed by atoms with Gasteiger partial charge in [0.15, 0.2) is 0 Å². The van der Waals surface area contributed by atoms with Gasteiger partial charge in [0, 0.05) is 38.6 Å². The average molecular weight is 830 g/mol. The molecule has 0 bridgehead atoms. The topological polar surface area (TPSA) is 16.4 Å². The first-order valence-corrected chi connectivity index (χ1v) is 22.6. The van der Waals surface area contributed by atoms with Crippen molar-refractivity contribution in [3.8, 4) is 44.5 Å². The molecule has 12 aromatic rings. The molecule has 0 unspecified atom stereocenters. The molecule has 0 N–H and O–H groups in total. The Hall–Kier alpha value is -8.20. The first kappa shape index (κ1) is 37.4. The van der Waals surface area contributed by atoms with E-state index in [4.69, 9.17) is 4.42 Å². The molecule has 11 aromatic carbocycles. The smallest absolute Gasteiger partial charge is 0.143 e. The van der Waals surface area contributed by atoms with E-state index in [9.17, 15) is 0 Å². The molecule has 0 spiro atoms. The number of rotatable bonds is 6. The van der Waals surface area contributed by atoms with E-state index >= 15 is 0 Å². The van der Waals surface area contributed by atoms with Gasteiger partial charge in [0.25, 0.3) is 0 Å². The summed E-state index contributed by atoms with van der Waals surface area (Å²) in [5.74, 6) is 0. The van der Waals surface area contributed by atoms with Crippen molar-refractivity contribution in [3.63, 3.8) is 0 Å². The summed E-state index contributed by atoms with van der Waals surface area (Å²) in [6, 6.07) is 82.1. The van der Waals surface area contributed by atoms with Crippen molar-refractivity contribution in [2.75, 3.05) is 4.90 Å². The van der Waals surface area contributed by atoms with Crippen molar-refractivity contribution in [1.29, 1.82) is 0 Å². The largest absolute Gasteiger partial charge is 0.455 e. The maximum absolute atomic E-state index is 6.58. The number of fused-ring (bicyclic) bond motifs is 11. The van der Waals surface area contributed by atoms with Crippen LogP contribution in [0.2, 0.25) is 0 Å². The van der Waals surface area contributed by atoms with Crippen LogP contribution in [-0.4, -0.2) is 0 Å². The zero-order valence-corrected chi connectivity index (χ0v) is 36.2. The van der Waals surface area contributed by atoms with Gasteiger partial charge in [-0.2, -0.15) is 0 Å². The summed E-state index contributed by atoms with van der Waals surface area (Å²) in [5.41, 5.74) is 17.7. The minimum Gasteiger partial charge on any atom is -0.455 e. The van der Waals surface area contributed by atoms with Gasteiger partial charge >= 0.3 is 0 Å². The van der Waals surface area contributed by atoms with Crippen molar-refractivity contribution < 1.29 is 4.42 Å². The molecule has 0 saturated carbocycles. The van der Waals surface area contributed by atoms with Crippen molar-refractivity contribution in [2.45, 2.75) is 19.3 Å². The fourth-order valence-electron chi connectivity index (χ4n) is 11.0. The monoisotopic (exact) mass is 829 g/mol. The zero-order chi connectivity index (χ0) is 43.2. The molecule has 1 aliphatic carbocycles. The Morgan fingerprint density at radius 1 is 0.354 bits per heavy atom. The van der Waals surface area contributed by atoms with E-state index < -0.39 is 0 Å². The lowest BCUT2D eigenvalue weighted by Crippen LogP contribution is -2.16. The molecule has 0 saturated heterocycles. The molecule has 13 rings (SSSR count). The fourth-order valence-corrected chi connectivity index (χ4v) is 11.0. The minimum absolute atomic E-state index is 0.103. The molecule has 1 aliphatic rings. The maximum Gasteiger partial charge on any atom is 0.143 e. The molecule has 0 fully saturated rings. The standard InChI is InChI=1S/C63H43NO/c1-63(2)58-23-10-9-19-54(58)55-22-11-21-50(61(55)63)42-27-34-46(35-28-42)64(47-36-29-43(30-37-47)57-39-44-14-4-5-15-48(44)52-17-7-8-18-53(52)57)45-32-25-41(26-33-45)49-20-12-24-59-60(49)56-38-31-40-13-3-6-16-51(40)62(56)65-59/h3-39H,1-2H3. The number of hydrogen-bond donors (Lipinski definition) is 0. The van der Waals surface area contributed by atoms with E-state index in [1.54, 1.807) is 0 Å². The molecular formula is C63H43NO. The van der Waals surface area contributed by atoms with Crippen LogP contribution in [0.15, 0.2) is 229 Å². The third-order valence-corrected chi connectivity index (χ3v) is 14.0. The number of benzene rings is 11. The molecule has 2 nitrogen and oxygen atoms in total. The molecule has 0 amide bonds. The Morgan fingerprint density at radius 2 is 0.877 bits per heavy atom. The summed E-state index contributed by atoms with van der Waals surface area (Å²) in [7, 11) is 0. The number of anilines is 3. The Balaban J connectivity index is 0.925. The average Bonchev–Trinajstić information content (AvgIpc) is 3.87. The van der Waals surface area contributed by atoms with Gasteiger partial charge in [0.2, 0.25) is 0 Å². The van der Waals surface area contributed by atoms with Crippen LogP contribution in [0.25, 0.3) is 98.8 Å². The van der Waals surface area contributed by atoms with Crippen LogP contribution in [0, 0.1) is 0 Å². The second-order valence-electron chi connectivity index (χ2n) is 18.0. The predicted molar refractivity (Wildman–Crippen MR) is 275 cm³/mol. The second-order valence-corrected chi connectivity index (χ2v) is 18.0. The predicted octanol–water partition coefficient (Wildman–Crippen LogP) is 17.8. The highest BCUT2D eigenvalue weighted by atomic mass is 16.3. The fraction of sp³-hybridized carbons (Fsp3) is 0.0476. The van der Waals surface area contributed by atoms with Crippen LogP contribution in [-0.2, 0) is 5.41 Å². The first-order chi connectivity index (χ1) is 32.0. The van der Waals surface area contributed by atoms with Gasteiger partial charge in [-0.25, -0.2) is 0 Å². The lowest BCUT2D eigenvalue weighted by molar-refractivity contribution is 0.662. The van der Waals surface area contributed by atoms with Crippen LogP contribution < -0.4 is 4.90 Å². The van der Waals surface area contributed by atoms with E-state index in [1.807, 2.05) is 0 Å². The Morgan fingerprint density at radius 3 is 1.60 bits per heavy atom. The molecule has 65 heavy (non-hydrogen) atoms. The molecule has 0 radical (unpaired) electrons. The quantitative estimate of drug-likeness (QED) is 0.155. The lowest BCUT2D eigenvalue weighted by atomic mass is 9.79. The third-order valence-electron chi connectivity index (χ3n) is 14.0. The Bertz CT molecular complexity index is 3840. The normalized spacial score (nSPS) is 12.9. The highest BCUT2D eigenvalue weighted by Gasteiger charge is 2.37. The van der Waals surface area contributed by atoms with Gasteiger partial charge in [0.05, 0.1) is 0 Å². The summed E-state index contributed by atoms with van der Waals surface area (Å²) in [4.78, 5) is 2.38. The van der Waals surface area contributed by atoms with Gasteiger partial charge in [0.1, 0.15) is 11.2 Å². The Labute approximate surface area is 378 Å². The van der Waals surface area contributed by atoms with Gasteiger partial charge in [-0.3, -0.25) is 0 Å². The maximum atomic E-state index is 6.58. The van der Waals surface area contributed by atoms with Crippen molar-refractivity contribution in [1.82, 2.24) is 0 Å². The van der Waals surface area contributed by atoms with Crippen molar-refractivity contribution in [2.24, 2.45) is 0 Å². The molecular weight excluding hydrogens is 787 g/mol. The van der Waals surface area contributed by atoms with Crippen LogP contribution in [0.3, 0.4) is 0 Å². The zero-order valence-electron chi connectivity index (χ0n) is 36.2. The highest BCUT2D eigenvalue weighted by Crippen LogP contribution is 2.52. The van der Waals surface area contributed by atoms with Gasteiger partial charge in [-0.05, 0) is 137 Å². The summed E-state index contributed by atoms with van der Waals surface area (Å²) in [6.07, 6.45) is 0. The van der Waals surface area contributed by atoms with Gasteiger partial charge in [-0.1, -0.05) is 184 Å². The SMILES string of the molecule is CC1(C)c2ccccc2-c2cccc(-c3ccc(N(c4ccc(-c5cc6ccccc6c6ccccc56)cc4)c4ccc(-c5cccc6oc7c8ccccc8ccc7c56)cc4)cc3)c21. The first-order valence-electron chi connectivity index (χ1n) is 22.6. The molecule has 0 aliphatic heterocycles. The van der Waals surface area contributed by atoms with Crippen molar-refractivity contribution in [3.05, 3.63) is 236 Å². The van der Waals surface area contributed by atoms with Gasteiger partial charge < -0.3 is 9.32 Å². The summed E-state index contributed by atoms with van der Waals surface area (Å²) in [5, 5.41) is 9.65. The third kappa shape index (κ3) is 5.81. The second kappa shape index (κ2) is 14.4. The van der Waals surface area contributed by atoms with Gasteiger partial charge in [-0.15, -0.1) is 0 Å². The summed E-state index contributed by atoms with van der Waals surface area (Å²) >= 11 is 0. The van der Waals surface area contributed by atoms with Crippen LogP contribution in [0.4, 0.5) is 17.1 Å². The van der Waals surface area contributed by atoms with E-state index in [-0.39, 0.29) is 5.41 Å². The van der Waals surface area contributed by atoms with Crippen LogP contribution in [0.1, 0.15) is 25.0 Å². The molecule has 1 aromatic heterocycles. The highest BCUT2D eigenvalue weighted by molar-refractivity contribution is 6.19. The van der Waals surface area contributed by atoms with E-state index in [0.29, 0.717) is 0 Å². The number of nitrogens with zero attached hydrogens (tertiary/aromatic N) is 1. The molecule has 306 valence electrons. The molecule has 2 heteroatoms. The summed E-state index contributed by atoms with van der Waals surface area (Å²) < 4.78 is 6.58. The summed E-state index contributed by atoms with van der Waals surface area (Å²) in [6.45, 7) is 4.73. The number of hydrogen-bond acceptors (Lipinski definition) is 2. The number of furan rings is 1. The Kier molecular flexibility index (Phi) is 8.29. The van der Waals surface area contributed by atoms with E-state index in [1.165, 1.54) is 71.4 Å². The van der Waals surface area contributed by atoms with E-state index in [2.05, 4.69) is 243 Å². The van der Waals surface area contributed by atoms with Crippen molar-refractivity contribution >= 4 is 71.3 Å². The molecule has 0 atom stereocenters. The van der Waals surface area contributed by atoms with Crippen LogP contribution in [0.5, 0.6) is 0 Å². The minimum atomic E-state index is -0.103.